The van der Waals surface area contributed by atoms with Gasteiger partial charge in [0.1, 0.15) is 29.3 Å². The van der Waals surface area contributed by atoms with Crippen molar-refractivity contribution in [2.45, 2.75) is 18.3 Å². The molecule has 1 unspecified atom stereocenters. The van der Waals surface area contributed by atoms with Gasteiger partial charge in [-0.15, -0.1) is 0 Å². The van der Waals surface area contributed by atoms with Gasteiger partial charge in [0.2, 0.25) is 0 Å². The van der Waals surface area contributed by atoms with Crippen molar-refractivity contribution in [3.8, 4) is 0 Å². The summed E-state index contributed by atoms with van der Waals surface area (Å²) >= 11 is 0. The first-order valence-corrected chi connectivity index (χ1v) is 5.85. The Morgan fingerprint density at radius 2 is 1.86 bits per heavy atom. The highest BCUT2D eigenvalue weighted by molar-refractivity contribution is 5.88. The van der Waals surface area contributed by atoms with Crippen molar-refractivity contribution in [2.75, 3.05) is 13.2 Å². The number of benzene rings is 1. The van der Waals surface area contributed by atoms with Crippen LogP contribution in [0, 0.1) is 11.6 Å². The first-order chi connectivity index (χ1) is 9.71. The zero-order chi connectivity index (χ0) is 15.8. The topological polar surface area (TPSA) is 58.6 Å². The fraction of sp³-hybridized carbons (Fsp3) is 0.417. The van der Waals surface area contributed by atoms with Crippen LogP contribution in [0.1, 0.15) is 22.0 Å². The van der Waals surface area contributed by atoms with Crippen LogP contribution in [0.15, 0.2) is 12.1 Å². The molecule has 1 saturated heterocycles. The lowest BCUT2D eigenvalue weighted by Crippen LogP contribution is -2.52. The summed E-state index contributed by atoms with van der Waals surface area (Å²) in [6.45, 7) is -0.125. The molecular weight excluding hydrogens is 301 g/mol. The molecule has 116 valence electrons. The van der Waals surface area contributed by atoms with Crippen LogP contribution in [0.25, 0.3) is 0 Å². The summed E-state index contributed by atoms with van der Waals surface area (Å²) in [5.74, 6) is -4.74. The molecule has 1 aliphatic rings. The van der Waals surface area contributed by atoms with Gasteiger partial charge in [0.15, 0.2) is 0 Å². The van der Waals surface area contributed by atoms with Crippen LogP contribution in [0.3, 0.4) is 0 Å². The first kappa shape index (κ1) is 15.6. The Morgan fingerprint density at radius 1 is 1.29 bits per heavy atom. The Hall–Kier alpha value is -1.74. The maximum atomic E-state index is 13.6. The molecule has 2 atom stereocenters. The molecule has 0 radical (unpaired) electrons. The van der Waals surface area contributed by atoms with Crippen molar-refractivity contribution in [1.29, 1.82) is 0 Å². The summed E-state index contributed by atoms with van der Waals surface area (Å²) in [6.07, 6.45) is -6.32. The quantitative estimate of drug-likeness (QED) is 0.823. The van der Waals surface area contributed by atoms with E-state index in [1.165, 1.54) is 0 Å². The van der Waals surface area contributed by atoms with Crippen LogP contribution in [0.4, 0.5) is 22.0 Å². The highest BCUT2D eigenvalue weighted by atomic mass is 19.4. The molecule has 21 heavy (non-hydrogen) atoms. The third kappa shape index (κ3) is 3.13. The number of halogens is 5. The summed E-state index contributed by atoms with van der Waals surface area (Å²) in [6, 6.07) is -1.04. The lowest BCUT2D eigenvalue weighted by Gasteiger charge is -2.34. The van der Waals surface area contributed by atoms with Crippen LogP contribution in [-0.2, 0) is 4.74 Å². The zero-order valence-electron chi connectivity index (χ0n) is 10.4. The number of aromatic carboxylic acids is 1. The number of carboxylic acid groups (broad SMARTS) is 1. The maximum Gasteiger partial charge on any atom is 0.406 e. The second-order valence-electron chi connectivity index (χ2n) is 4.43. The van der Waals surface area contributed by atoms with Gasteiger partial charge in [-0.2, -0.15) is 13.2 Å². The molecule has 1 fully saturated rings. The van der Waals surface area contributed by atoms with Gasteiger partial charge < -0.3 is 15.2 Å². The normalized spacial score (nSPS) is 23.1. The van der Waals surface area contributed by atoms with E-state index in [0.29, 0.717) is 12.1 Å². The zero-order valence-corrected chi connectivity index (χ0v) is 10.4. The van der Waals surface area contributed by atoms with E-state index in [4.69, 9.17) is 9.84 Å². The minimum absolute atomic E-state index is 0.0567. The molecule has 4 nitrogen and oxygen atoms in total. The van der Waals surface area contributed by atoms with Gasteiger partial charge in [0.05, 0.1) is 6.61 Å². The molecule has 0 saturated carbocycles. The average Bonchev–Trinajstić information content (AvgIpc) is 2.36. The van der Waals surface area contributed by atoms with Crippen molar-refractivity contribution in [2.24, 2.45) is 0 Å². The number of carboxylic acids is 1. The number of alkyl halides is 3. The van der Waals surface area contributed by atoms with Gasteiger partial charge >= 0.3 is 12.1 Å². The molecule has 1 heterocycles. The Labute approximate surface area is 115 Å². The highest BCUT2D eigenvalue weighted by Crippen LogP contribution is 2.35. The fourth-order valence-electron chi connectivity index (χ4n) is 2.14. The highest BCUT2D eigenvalue weighted by Gasteiger charge is 2.47. The fourth-order valence-corrected chi connectivity index (χ4v) is 2.14. The third-order valence-electron chi connectivity index (χ3n) is 3.03. The van der Waals surface area contributed by atoms with E-state index in [1.807, 2.05) is 0 Å². The maximum absolute atomic E-state index is 13.6. The predicted molar refractivity (Wildman–Crippen MR) is 59.9 cm³/mol. The molecule has 0 amide bonds. The Balaban J connectivity index is 2.43. The molecular formula is C12H10F5NO3. The van der Waals surface area contributed by atoms with Gasteiger partial charge in [-0.05, 0) is 17.7 Å². The lowest BCUT2D eigenvalue weighted by atomic mass is 9.98. The number of hydrogen-bond acceptors (Lipinski definition) is 3. The second-order valence-corrected chi connectivity index (χ2v) is 4.43. The molecule has 9 heteroatoms. The van der Waals surface area contributed by atoms with Crippen LogP contribution < -0.4 is 5.32 Å². The summed E-state index contributed by atoms with van der Waals surface area (Å²) in [5.41, 5.74) is -1.63. The van der Waals surface area contributed by atoms with E-state index in [0.717, 1.165) is 0 Å². The summed E-state index contributed by atoms with van der Waals surface area (Å²) in [4.78, 5) is 10.7. The first-order valence-electron chi connectivity index (χ1n) is 5.85. The van der Waals surface area contributed by atoms with Crippen molar-refractivity contribution in [1.82, 2.24) is 5.32 Å². The summed E-state index contributed by atoms with van der Waals surface area (Å²) in [7, 11) is 0. The van der Waals surface area contributed by atoms with E-state index < -0.39 is 47.1 Å². The van der Waals surface area contributed by atoms with Crippen molar-refractivity contribution in [3.05, 3.63) is 34.9 Å². The van der Waals surface area contributed by atoms with E-state index in [1.54, 1.807) is 0 Å². The molecule has 1 aromatic carbocycles. The monoisotopic (exact) mass is 311 g/mol. The molecule has 1 aromatic rings. The average molecular weight is 311 g/mol. The number of hydrogen-bond donors (Lipinski definition) is 2. The lowest BCUT2D eigenvalue weighted by molar-refractivity contribution is -0.197. The summed E-state index contributed by atoms with van der Waals surface area (Å²) < 4.78 is 70.7. The Bertz CT molecular complexity index is 537. The van der Waals surface area contributed by atoms with Crippen LogP contribution in [-0.4, -0.2) is 36.4 Å². The molecule has 0 aliphatic carbocycles. The van der Waals surface area contributed by atoms with Crippen molar-refractivity contribution < 1.29 is 36.6 Å². The van der Waals surface area contributed by atoms with Crippen LogP contribution >= 0.6 is 0 Å². The molecule has 0 bridgehead atoms. The van der Waals surface area contributed by atoms with E-state index >= 15 is 0 Å². The molecule has 0 spiro atoms. The van der Waals surface area contributed by atoms with Gasteiger partial charge in [-0.3, -0.25) is 0 Å². The minimum atomic E-state index is -4.68. The van der Waals surface area contributed by atoms with E-state index in [-0.39, 0.29) is 13.2 Å². The standard InChI is InChI=1S/C12H10F5NO3/c13-6-3-5(4-7(14)8(6)11(19)20)9-10(12(15,16)17)18-1-2-21-9/h3-4,9-10,18H,1-2H2,(H,19,20)/t9-,10?/m1/s1. The molecule has 0 aromatic heterocycles. The molecule has 2 rings (SSSR count). The summed E-state index contributed by atoms with van der Waals surface area (Å²) in [5, 5.41) is 10.8. The van der Waals surface area contributed by atoms with Gasteiger partial charge in [-0.1, -0.05) is 0 Å². The van der Waals surface area contributed by atoms with Gasteiger partial charge in [0.25, 0.3) is 0 Å². The number of nitrogens with one attached hydrogen (secondary N) is 1. The number of rotatable bonds is 2. The predicted octanol–water partition coefficient (Wildman–Crippen LogP) is 2.25. The van der Waals surface area contributed by atoms with Gasteiger partial charge in [0, 0.05) is 6.54 Å². The van der Waals surface area contributed by atoms with Crippen molar-refractivity contribution in [3.63, 3.8) is 0 Å². The Morgan fingerprint density at radius 3 is 2.33 bits per heavy atom. The number of morpholine rings is 1. The Kier molecular flexibility index (Phi) is 4.15. The largest absolute Gasteiger partial charge is 0.477 e. The third-order valence-corrected chi connectivity index (χ3v) is 3.03. The van der Waals surface area contributed by atoms with Crippen molar-refractivity contribution >= 4 is 5.97 Å². The van der Waals surface area contributed by atoms with Gasteiger partial charge in [-0.25, -0.2) is 13.6 Å². The number of ether oxygens (including phenoxy) is 1. The molecule has 2 N–H and O–H groups in total. The minimum Gasteiger partial charge on any atom is -0.477 e. The van der Waals surface area contributed by atoms with Crippen LogP contribution in [0.5, 0.6) is 0 Å². The second kappa shape index (κ2) is 5.57. The van der Waals surface area contributed by atoms with E-state index in [2.05, 4.69) is 5.32 Å². The van der Waals surface area contributed by atoms with Crippen LogP contribution in [0.2, 0.25) is 0 Å². The molecule has 1 aliphatic heterocycles. The smallest absolute Gasteiger partial charge is 0.406 e. The number of carbonyl (C=O) groups is 1. The van der Waals surface area contributed by atoms with E-state index in [9.17, 15) is 26.7 Å². The SMILES string of the molecule is O=C(O)c1c(F)cc([C@H]2OCCNC2C(F)(F)F)cc1F.